The molecule has 1 fully saturated rings. The van der Waals surface area contributed by atoms with Gasteiger partial charge in [0.2, 0.25) is 0 Å². The highest BCUT2D eigenvalue weighted by Gasteiger charge is 2.25. The average Bonchev–Trinajstić information content (AvgIpc) is 2.94. The number of rotatable bonds is 2. The second-order valence-corrected chi connectivity index (χ2v) is 6.63. The van der Waals surface area contributed by atoms with Crippen molar-refractivity contribution in [1.82, 2.24) is 9.80 Å². The van der Waals surface area contributed by atoms with E-state index in [1.165, 1.54) is 16.5 Å². The molecule has 0 aliphatic carbocycles. The minimum atomic E-state index is 0.171. The van der Waals surface area contributed by atoms with Crippen LogP contribution in [-0.2, 0) is 0 Å². The summed E-state index contributed by atoms with van der Waals surface area (Å²) in [4.78, 5) is 16.9. The van der Waals surface area contributed by atoms with Gasteiger partial charge in [-0.25, -0.2) is 0 Å². The van der Waals surface area contributed by atoms with Gasteiger partial charge >= 0.3 is 0 Å². The van der Waals surface area contributed by atoms with Gasteiger partial charge in [0.25, 0.3) is 5.91 Å². The summed E-state index contributed by atoms with van der Waals surface area (Å²) in [5.41, 5.74) is 0.815. The van der Waals surface area contributed by atoms with Crippen LogP contribution in [0, 0.1) is 0 Å². The van der Waals surface area contributed by atoms with Crippen LogP contribution in [0.2, 0.25) is 0 Å². The van der Waals surface area contributed by atoms with Crippen molar-refractivity contribution in [2.24, 2.45) is 0 Å². The number of carbonyl (C=O) groups is 1. The van der Waals surface area contributed by atoms with Gasteiger partial charge in [0.1, 0.15) is 0 Å². The number of hydrogen-bond donors (Lipinski definition) is 0. The topological polar surface area (TPSA) is 23.6 Å². The lowest BCUT2D eigenvalue weighted by molar-refractivity contribution is 0.0635. The Morgan fingerprint density at radius 3 is 3.00 bits per heavy atom. The first-order valence-electron chi connectivity index (χ1n) is 7.08. The largest absolute Gasteiger partial charge is 0.337 e. The van der Waals surface area contributed by atoms with E-state index in [2.05, 4.69) is 36.5 Å². The van der Waals surface area contributed by atoms with Crippen LogP contribution in [0.4, 0.5) is 0 Å². The molecule has 0 N–H and O–H groups in total. The molecule has 1 aromatic carbocycles. The van der Waals surface area contributed by atoms with Crippen molar-refractivity contribution < 1.29 is 4.79 Å². The van der Waals surface area contributed by atoms with Gasteiger partial charge in [0.15, 0.2) is 0 Å². The van der Waals surface area contributed by atoms with Crippen LogP contribution in [0.1, 0.15) is 23.2 Å². The molecule has 3 rings (SSSR count). The SMILES string of the molecule is CN(C)C1CCCN(C(=O)c2ccc3sccc3c2)C1. The number of thiophene rings is 1. The number of fused-ring (bicyclic) bond motifs is 1. The standard InChI is InChI=1S/C16H20N2OS/c1-17(2)14-4-3-8-18(11-14)16(19)13-5-6-15-12(10-13)7-9-20-15/h5-7,9-10,14H,3-4,8,11H2,1-2H3. The third kappa shape index (κ3) is 2.58. The highest BCUT2D eigenvalue weighted by molar-refractivity contribution is 7.17. The molecule has 0 bridgehead atoms. The Morgan fingerprint density at radius 1 is 1.35 bits per heavy atom. The summed E-state index contributed by atoms with van der Waals surface area (Å²) in [5.74, 6) is 0.171. The number of carbonyl (C=O) groups excluding carboxylic acids is 1. The van der Waals surface area contributed by atoms with Crippen LogP contribution in [0.25, 0.3) is 10.1 Å². The number of likely N-dealkylation sites (N-methyl/N-ethyl adjacent to an activating group) is 1. The highest BCUT2D eigenvalue weighted by atomic mass is 32.1. The van der Waals surface area contributed by atoms with Crippen LogP contribution < -0.4 is 0 Å². The molecule has 0 spiro atoms. The maximum absolute atomic E-state index is 12.6. The molecule has 106 valence electrons. The second kappa shape index (κ2) is 5.54. The van der Waals surface area contributed by atoms with Crippen molar-refractivity contribution in [3.05, 3.63) is 35.2 Å². The zero-order chi connectivity index (χ0) is 14.1. The minimum Gasteiger partial charge on any atom is -0.337 e. The number of nitrogens with zero attached hydrogens (tertiary/aromatic N) is 2. The first kappa shape index (κ1) is 13.6. The van der Waals surface area contributed by atoms with E-state index in [0.717, 1.165) is 25.1 Å². The molecule has 3 nitrogen and oxygen atoms in total. The molecule has 20 heavy (non-hydrogen) atoms. The lowest BCUT2D eigenvalue weighted by atomic mass is 10.0. The zero-order valence-electron chi connectivity index (χ0n) is 12.0. The smallest absolute Gasteiger partial charge is 0.253 e. The van der Waals surface area contributed by atoms with E-state index in [-0.39, 0.29) is 5.91 Å². The van der Waals surface area contributed by atoms with E-state index in [9.17, 15) is 4.79 Å². The Labute approximate surface area is 123 Å². The van der Waals surface area contributed by atoms with Gasteiger partial charge < -0.3 is 9.80 Å². The molecule has 1 aromatic heterocycles. The van der Waals surface area contributed by atoms with Crippen molar-refractivity contribution in [3.63, 3.8) is 0 Å². The van der Waals surface area contributed by atoms with Crippen molar-refractivity contribution in [2.45, 2.75) is 18.9 Å². The fourth-order valence-electron chi connectivity index (χ4n) is 2.84. The van der Waals surface area contributed by atoms with Crippen LogP contribution >= 0.6 is 11.3 Å². The molecule has 1 aliphatic rings. The van der Waals surface area contributed by atoms with Gasteiger partial charge in [0, 0.05) is 29.4 Å². The Morgan fingerprint density at radius 2 is 2.20 bits per heavy atom. The zero-order valence-corrected chi connectivity index (χ0v) is 12.8. The Hall–Kier alpha value is -1.39. The average molecular weight is 288 g/mol. The summed E-state index contributed by atoms with van der Waals surface area (Å²) >= 11 is 1.72. The molecular weight excluding hydrogens is 268 g/mol. The second-order valence-electron chi connectivity index (χ2n) is 5.68. The number of hydrogen-bond acceptors (Lipinski definition) is 3. The fourth-order valence-corrected chi connectivity index (χ4v) is 3.61. The molecule has 1 unspecified atom stereocenters. The summed E-state index contributed by atoms with van der Waals surface area (Å²) in [5, 5.41) is 3.24. The summed E-state index contributed by atoms with van der Waals surface area (Å²) in [6, 6.07) is 8.60. The van der Waals surface area contributed by atoms with Gasteiger partial charge in [-0.15, -0.1) is 11.3 Å². The summed E-state index contributed by atoms with van der Waals surface area (Å²) in [6.45, 7) is 1.72. The maximum Gasteiger partial charge on any atom is 0.253 e. The first-order valence-corrected chi connectivity index (χ1v) is 7.96. The van der Waals surface area contributed by atoms with E-state index in [1.54, 1.807) is 11.3 Å². The molecule has 0 radical (unpaired) electrons. The van der Waals surface area contributed by atoms with Gasteiger partial charge in [-0.1, -0.05) is 0 Å². The van der Waals surface area contributed by atoms with Crippen LogP contribution in [0.15, 0.2) is 29.6 Å². The van der Waals surface area contributed by atoms with E-state index in [4.69, 9.17) is 0 Å². The van der Waals surface area contributed by atoms with Gasteiger partial charge in [-0.05, 0) is 62.0 Å². The minimum absolute atomic E-state index is 0.171. The lowest BCUT2D eigenvalue weighted by Gasteiger charge is -2.36. The number of benzene rings is 1. The number of amides is 1. The van der Waals surface area contributed by atoms with Crippen LogP contribution in [0.5, 0.6) is 0 Å². The molecule has 2 aromatic rings. The van der Waals surface area contributed by atoms with Crippen molar-refractivity contribution in [3.8, 4) is 0 Å². The molecule has 2 heterocycles. The molecular formula is C16H20N2OS. The Balaban J connectivity index is 1.80. The van der Waals surface area contributed by atoms with Gasteiger partial charge in [-0.2, -0.15) is 0 Å². The van der Waals surface area contributed by atoms with E-state index < -0.39 is 0 Å². The van der Waals surface area contributed by atoms with E-state index in [1.807, 2.05) is 17.0 Å². The van der Waals surface area contributed by atoms with Gasteiger partial charge in [-0.3, -0.25) is 4.79 Å². The van der Waals surface area contributed by atoms with E-state index in [0.29, 0.717) is 6.04 Å². The third-order valence-electron chi connectivity index (χ3n) is 4.11. The van der Waals surface area contributed by atoms with Crippen molar-refractivity contribution in [2.75, 3.05) is 27.2 Å². The molecule has 1 amide bonds. The Bertz CT molecular complexity index is 620. The van der Waals surface area contributed by atoms with E-state index >= 15 is 0 Å². The van der Waals surface area contributed by atoms with Gasteiger partial charge in [0.05, 0.1) is 0 Å². The number of piperidine rings is 1. The molecule has 1 atom stereocenters. The summed E-state index contributed by atoms with van der Waals surface area (Å²) in [6.07, 6.45) is 2.27. The fraction of sp³-hybridized carbons (Fsp3) is 0.438. The predicted octanol–water partition coefficient (Wildman–Crippen LogP) is 3.07. The van der Waals surface area contributed by atoms with Crippen molar-refractivity contribution >= 4 is 27.3 Å². The van der Waals surface area contributed by atoms with Crippen molar-refractivity contribution in [1.29, 1.82) is 0 Å². The lowest BCUT2D eigenvalue weighted by Crippen LogP contribution is -2.47. The molecule has 4 heteroatoms. The monoisotopic (exact) mass is 288 g/mol. The molecule has 0 saturated carbocycles. The summed E-state index contributed by atoms with van der Waals surface area (Å²) < 4.78 is 1.24. The highest BCUT2D eigenvalue weighted by Crippen LogP contribution is 2.23. The summed E-state index contributed by atoms with van der Waals surface area (Å²) in [7, 11) is 4.19. The van der Waals surface area contributed by atoms with Crippen LogP contribution in [0.3, 0.4) is 0 Å². The van der Waals surface area contributed by atoms with Crippen LogP contribution in [-0.4, -0.2) is 48.9 Å². The quantitative estimate of drug-likeness (QED) is 0.848. The molecule has 1 aliphatic heterocycles. The Kier molecular flexibility index (Phi) is 3.76. The number of likely N-dealkylation sites (tertiary alicyclic amines) is 1. The molecule has 1 saturated heterocycles. The predicted molar refractivity (Wildman–Crippen MR) is 84.4 cm³/mol. The normalized spacial score (nSPS) is 19.8. The third-order valence-corrected chi connectivity index (χ3v) is 5.01. The maximum atomic E-state index is 12.6. The first-order chi connectivity index (χ1) is 9.65.